The van der Waals surface area contributed by atoms with Crippen LogP contribution in [-0.2, 0) is 7.05 Å². The molecule has 0 amide bonds. The van der Waals surface area contributed by atoms with Crippen molar-refractivity contribution in [3.63, 3.8) is 0 Å². The van der Waals surface area contributed by atoms with E-state index in [1.54, 1.807) is 4.68 Å². The zero-order valence-corrected chi connectivity index (χ0v) is 20.8. The molecule has 0 radical (unpaired) electrons. The van der Waals surface area contributed by atoms with Gasteiger partial charge >= 0.3 is 0 Å². The summed E-state index contributed by atoms with van der Waals surface area (Å²) in [4.78, 5) is 6.72. The van der Waals surface area contributed by atoms with Crippen LogP contribution in [0.3, 0.4) is 0 Å². The fourth-order valence-corrected chi connectivity index (χ4v) is 4.41. The Balaban J connectivity index is 0.00000141. The van der Waals surface area contributed by atoms with Crippen molar-refractivity contribution in [2.24, 2.45) is 7.05 Å². The van der Waals surface area contributed by atoms with Crippen LogP contribution in [0.4, 0.5) is 10.2 Å². The molecule has 1 aromatic carbocycles. The van der Waals surface area contributed by atoms with Gasteiger partial charge in [0, 0.05) is 67.5 Å². The van der Waals surface area contributed by atoms with Crippen LogP contribution in [0.1, 0.15) is 38.3 Å². The summed E-state index contributed by atoms with van der Waals surface area (Å²) in [5.74, 6) is 0.739. The lowest BCUT2D eigenvalue weighted by atomic mass is 10.0. The number of benzene rings is 1. The number of nitrogens with one attached hydrogen (secondary N) is 1. The molecule has 1 aliphatic rings. The third kappa shape index (κ3) is 5.77. The number of alkyl halides is 1. The van der Waals surface area contributed by atoms with E-state index in [-0.39, 0.29) is 6.67 Å². The lowest BCUT2D eigenvalue weighted by Gasteiger charge is -2.31. The summed E-state index contributed by atoms with van der Waals surface area (Å²) in [7, 11) is 1.92. The molecule has 0 saturated carbocycles. The quantitative estimate of drug-likeness (QED) is 0.380. The molecule has 4 aromatic rings. The number of hydrogen-bond acceptors (Lipinski definition) is 5. The van der Waals surface area contributed by atoms with Crippen LogP contribution >= 0.6 is 0 Å². The second kappa shape index (κ2) is 11.3. The Morgan fingerprint density at radius 2 is 1.83 bits per heavy atom. The predicted octanol–water partition coefficient (Wildman–Crippen LogP) is 5.55. The zero-order valence-electron chi connectivity index (χ0n) is 20.8. The molecule has 4 heterocycles. The van der Waals surface area contributed by atoms with E-state index in [9.17, 15) is 4.39 Å². The van der Waals surface area contributed by atoms with Crippen LogP contribution in [0.2, 0.25) is 0 Å². The molecule has 7 nitrogen and oxygen atoms in total. The van der Waals surface area contributed by atoms with Crippen molar-refractivity contribution in [1.82, 2.24) is 29.4 Å². The highest BCUT2D eigenvalue weighted by atomic mass is 19.1. The molecule has 1 aliphatic heterocycles. The van der Waals surface area contributed by atoms with Crippen LogP contribution in [0.15, 0.2) is 61.8 Å². The van der Waals surface area contributed by atoms with Crippen molar-refractivity contribution in [3.8, 4) is 11.1 Å². The summed E-state index contributed by atoms with van der Waals surface area (Å²) in [6, 6.07) is 8.68. The fourth-order valence-electron chi connectivity index (χ4n) is 4.41. The smallest absolute Gasteiger partial charge is 0.130 e. The van der Waals surface area contributed by atoms with Crippen molar-refractivity contribution in [2.45, 2.75) is 32.7 Å². The second-order valence-electron chi connectivity index (χ2n) is 8.61. The number of nitrogens with zero attached hydrogens (tertiary/aromatic N) is 6. The largest absolute Gasteiger partial charge is 0.340 e. The lowest BCUT2D eigenvalue weighted by Crippen LogP contribution is -2.36. The topological polar surface area (TPSA) is 63.8 Å². The van der Waals surface area contributed by atoms with Gasteiger partial charge in [0.15, 0.2) is 0 Å². The average molecular weight is 476 g/mol. The number of anilines is 1. The third-order valence-electron chi connectivity index (χ3n) is 6.32. The van der Waals surface area contributed by atoms with Crippen LogP contribution < -0.4 is 5.32 Å². The van der Waals surface area contributed by atoms with Gasteiger partial charge in [0.2, 0.25) is 0 Å². The molecule has 1 fully saturated rings. The van der Waals surface area contributed by atoms with E-state index in [1.807, 2.05) is 62.6 Å². The molecule has 0 spiro atoms. The van der Waals surface area contributed by atoms with E-state index in [0.717, 1.165) is 64.9 Å². The Hall–Kier alpha value is -3.52. The molecule has 3 aromatic heterocycles. The van der Waals surface area contributed by atoms with Gasteiger partial charge in [-0.2, -0.15) is 10.2 Å². The highest BCUT2D eigenvalue weighted by molar-refractivity contribution is 5.89. The Bertz CT molecular complexity index is 1270. The van der Waals surface area contributed by atoms with Crippen LogP contribution in [-0.4, -0.2) is 55.8 Å². The van der Waals surface area contributed by atoms with Gasteiger partial charge in [-0.05, 0) is 35.9 Å². The van der Waals surface area contributed by atoms with Crippen molar-refractivity contribution < 1.29 is 4.39 Å². The number of aromatic nitrogens is 5. The standard InChI is InChI=1S/C25H28FN7.C2H6/c1-18(22-14-29-33(17-22)24-5-8-32(9-6-24)10-7-26)30-25-12-21-11-19(3-4-20(21)13-27-25)23-15-28-31(2)16-23;1-2/h3-4,11-17,24H,1,5-10H2,2H3,(H,27,30);1-2H3. The first-order chi connectivity index (χ1) is 17.1. The van der Waals surface area contributed by atoms with Gasteiger partial charge in [-0.25, -0.2) is 9.37 Å². The number of hydrogen-bond donors (Lipinski definition) is 1. The fraction of sp³-hybridized carbons (Fsp3) is 0.370. The van der Waals surface area contributed by atoms with Gasteiger partial charge in [0.1, 0.15) is 12.5 Å². The second-order valence-corrected chi connectivity index (χ2v) is 8.61. The summed E-state index contributed by atoms with van der Waals surface area (Å²) in [5, 5.41) is 14.3. The SMILES string of the molecule is C=C(Nc1cc2cc(-c3cnn(C)c3)ccc2cn1)c1cnn(C2CCN(CCF)CC2)c1.CC. The molecule has 0 bridgehead atoms. The van der Waals surface area contributed by atoms with Gasteiger partial charge < -0.3 is 10.2 Å². The summed E-state index contributed by atoms with van der Waals surface area (Å²) >= 11 is 0. The molecule has 0 aliphatic carbocycles. The summed E-state index contributed by atoms with van der Waals surface area (Å²) in [6.45, 7) is 10.3. The molecule has 184 valence electrons. The Kier molecular flexibility index (Phi) is 7.92. The van der Waals surface area contributed by atoms with Crippen molar-refractivity contribution in [3.05, 3.63) is 67.4 Å². The van der Waals surface area contributed by atoms with E-state index in [2.05, 4.69) is 50.2 Å². The van der Waals surface area contributed by atoms with Crippen LogP contribution in [0, 0.1) is 0 Å². The minimum Gasteiger partial charge on any atom is -0.340 e. The summed E-state index contributed by atoms with van der Waals surface area (Å²) < 4.78 is 16.4. The van der Waals surface area contributed by atoms with E-state index in [0.29, 0.717) is 12.6 Å². The van der Waals surface area contributed by atoms with Crippen LogP contribution in [0.5, 0.6) is 0 Å². The molecule has 1 saturated heterocycles. The number of rotatable bonds is 7. The average Bonchev–Trinajstić information content (AvgIpc) is 3.55. The minimum absolute atomic E-state index is 0.282. The predicted molar refractivity (Wildman–Crippen MR) is 141 cm³/mol. The first-order valence-electron chi connectivity index (χ1n) is 12.3. The van der Waals surface area contributed by atoms with E-state index in [4.69, 9.17) is 0 Å². The number of halogens is 1. The molecule has 1 N–H and O–H groups in total. The summed E-state index contributed by atoms with van der Waals surface area (Å²) in [6.07, 6.45) is 11.6. The number of pyridine rings is 1. The maximum atomic E-state index is 12.6. The van der Waals surface area contributed by atoms with Crippen molar-refractivity contribution in [2.75, 3.05) is 31.6 Å². The van der Waals surface area contributed by atoms with Crippen LogP contribution in [0.25, 0.3) is 27.6 Å². The van der Waals surface area contributed by atoms with Gasteiger partial charge in [-0.15, -0.1) is 0 Å². The summed E-state index contributed by atoms with van der Waals surface area (Å²) in [5.41, 5.74) is 3.89. The highest BCUT2D eigenvalue weighted by Crippen LogP contribution is 2.27. The Morgan fingerprint density at radius 1 is 1.03 bits per heavy atom. The first-order valence-corrected chi connectivity index (χ1v) is 12.3. The molecule has 5 rings (SSSR count). The Morgan fingerprint density at radius 3 is 2.54 bits per heavy atom. The molecule has 35 heavy (non-hydrogen) atoms. The van der Waals surface area contributed by atoms with Gasteiger partial charge in [-0.3, -0.25) is 9.36 Å². The minimum atomic E-state index is -0.282. The zero-order chi connectivity index (χ0) is 24.8. The first kappa shape index (κ1) is 24.6. The highest BCUT2D eigenvalue weighted by Gasteiger charge is 2.21. The molecular formula is C27H34FN7. The lowest BCUT2D eigenvalue weighted by molar-refractivity contribution is 0.169. The maximum Gasteiger partial charge on any atom is 0.130 e. The van der Waals surface area contributed by atoms with Gasteiger partial charge in [-0.1, -0.05) is 32.6 Å². The van der Waals surface area contributed by atoms with E-state index >= 15 is 0 Å². The van der Waals surface area contributed by atoms with Gasteiger partial charge in [0.05, 0.1) is 18.4 Å². The number of likely N-dealkylation sites (tertiary alicyclic amines) is 1. The molecular weight excluding hydrogens is 441 g/mol. The maximum absolute atomic E-state index is 12.6. The number of piperidine rings is 1. The number of aryl methyl sites for hydroxylation is 1. The van der Waals surface area contributed by atoms with Gasteiger partial charge in [0.25, 0.3) is 0 Å². The van der Waals surface area contributed by atoms with Crippen molar-refractivity contribution in [1.29, 1.82) is 0 Å². The molecule has 0 unspecified atom stereocenters. The monoisotopic (exact) mass is 475 g/mol. The molecule has 0 atom stereocenters. The number of fused-ring (bicyclic) bond motifs is 1. The molecule has 8 heteroatoms. The normalized spacial score (nSPS) is 14.5. The van der Waals surface area contributed by atoms with Crippen molar-refractivity contribution >= 4 is 22.3 Å². The van der Waals surface area contributed by atoms with E-state index in [1.165, 1.54) is 0 Å². The third-order valence-corrected chi connectivity index (χ3v) is 6.32. The van der Waals surface area contributed by atoms with E-state index < -0.39 is 0 Å². The Labute approximate surface area is 206 Å².